The van der Waals surface area contributed by atoms with Crippen molar-refractivity contribution in [3.05, 3.63) is 83.8 Å². The summed E-state index contributed by atoms with van der Waals surface area (Å²) in [6.07, 6.45) is 3.50. The lowest BCUT2D eigenvalue weighted by Crippen LogP contribution is -2.17. The number of benzene rings is 2. The van der Waals surface area contributed by atoms with Crippen molar-refractivity contribution in [1.82, 2.24) is 5.32 Å². The molecule has 0 radical (unpaired) electrons. The molecule has 29 heavy (non-hydrogen) atoms. The predicted octanol–water partition coefficient (Wildman–Crippen LogP) is 4.45. The van der Waals surface area contributed by atoms with E-state index in [1.54, 1.807) is 12.5 Å². The van der Waals surface area contributed by atoms with Gasteiger partial charge in [0.1, 0.15) is 6.61 Å². The van der Waals surface area contributed by atoms with Crippen LogP contribution in [0.15, 0.2) is 76.7 Å². The lowest BCUT2D eigenvalue weighted by atomic mass is 10.1. The van der Waals surface area contributed by atoms with E-state index in [2.05, 4.69) is 10.5 Å². The third-order valence-corrected chi connectivity index (χ3v) is 4.46. The number of carboxylic acid groups (broad SMARTS) is 1. The summed E-state index contributed by atoms with van der Waals surface area (Å²) < 4.78 is 5.11. The molecule has 0 aliphatic heterocycles. The van der Waals surface area contributed by atoms with E-state index in [1.807, 2.05) is 61.5 Å². The molecule has 0 saturated carbocycles. The molecular weight excluding hydrogens is 368 g/mol. The Balaban J connectivity index is 1.47. The van der Waals surface area contributed by atoms with Crippen molar-refractivity contribution in [3.8, 4) is 11.1 Å². The molecule has 0 fully saturated rings. The van der Waals surface area contributed by atoms with Crippen LogP contribution >= 0.6 is 0 Å². The minimum Gasteiger partial charge on any atom is -0.481 e. The zero-order valence-electron chi connectivity index (χ0n) is 16.3. The van der Waals surface area contributed by atoms with Gasteiger partial charge in [-0.1, -0.05) is 53.7 Å². The minimum absolute atomic E-state index is 0.118. The SMILES string of the molecule is C/C(=N\OCc1ccc(-c2ccoc2)cc1)c1ccc(CNCCC(=O)O)cc1. The molecule has 6 heteroatoms. The van der Waals surface area contributed by atoms with Crippen LogP contribution in [0.3, 0.4) is 0 Å². The van der Waals surface area contributed by atoms with Crippen molar-refractivity contribution >= 4 is 11.7 Å². The molecule has 0 unspecified atom stereocenters. The summed E-state index contributed by atoms with van der Waals surface area (Å²) in [4.78, 5) is 16.0. The van der Waals surface area contributed by atoms with Crippen molar-refractivity contribution in [3.63, 3.8) is 0 Å². The maximum Gasteiger partial charge on any atom is 0.304 e. The first-order chi connectivity index (χ1) is 14.1. The Morgan fingerprint density at radius 3 is 2.41 bits per heavy atom. The van der Waals surface area contributed by atoms with Crippen molar-refractivity contribution in [2.75, 3.05) is 6.54 Å². The molecule has 150 valence electrons. The molecule has 3 aromatic rings. The van der Waals surface area contributed by atoms with E-state index >= 15 is 0 Å². The lowest BCUT2D eigenvalue weighted by molar-refractivity contribution is -0.136. The Labute approximate surface area is 169 Å². The van der Waals surface area contributed by atoms with Gasteiger partial charge in [0.25, 0.3) is 0 Å². The van der Waals surface area contributed by atoms with Gasteiger partial charge in [0, 0.05) is 18.7 Å². The Hall–Kier alpha value is -3.38. The molecule has 0 aliphatic rings. The summed E-state index contributed by atoms with van der Waals surface area (Å²) in [6.45, 7) is 3.39. The number of hydrogen-bond acceptors (Lipinski definition) is 5. The van der Waals surface area contributed by atoms with Crippen LogP contribution in [-0.4, -0.2) is 23.3 Å². The topological polar surface area (TPSA) is 84.1 Å². The maximum absolute atomic E-state index is 10.5. The van der Waals surface area contributed by atoms with Gasteiger partial charge in [-0.05, 0) is 35.2 Å². The average Bonchev–Trinajstić information content (AvgIpc) is 3.27. The first kappa shape index (κ1) is 20.4. The highest BCUT2D eigenvalue weighted by atomic mass is 16.6. The second-order valence-electron chi connectivity index (χ2n) is 6.68. The van der Waals surface area contributed by atoms with Crippen LogP contribution in [0.5, 0.6) is 0 Å². The van der Waals surface area contributed by atoms with Crippen LogP contribution in [0.1, 0.15) is 30.0 Å². The molecule has 0 spiro atoms. The molecule has 1 aromatic heterocycles. The highest BCUT2D eigenvalue weighted by Gasteiger charge is 2.02. The molecule has 2 aromatic carbocycles. The number of hydrogen-bond donors (Lipinski definition) is 2. The largest absolute Gasteiger partial charge is 0.481 e. The Morgan fingerprint density at radius 2 is 1.76 bits per heavy atom. The monoisotopic (exact) mass is 392 g/mol. The van der Waals surface area contributed by atoms with Crippen molar-refractivity contribution in [2.24, 2.45) is 5.16 Å². The second kappa shape index (κ2) is 10.2. The molecule has 2 N–H and O–H groups in total. The third kappa shape index (κ3) is 6.33. The van der Waals surface area contributed by atoms with Gasteiger partial charge in [0.05, 0.1) is 24.7 Å². The highest BCUT2D eigenvalue weighted by Crippen LogP contribution is 2.20. The molecule has 1 heterocycles. The summed E-state index contributed by atoms with van der Waals surface area (Å²) >= 11 is 0. The summed E-state index contributed by atoms with van der Waals surface area (Å²) in [5.41, 5.74) is 6.05. The van der Waals surface area contributed by atoms with Crippen LogP contribution in [0.4, 0.5) is 0 Å². The van der Waals surface area contributed by atoms with Gasteiger partial charge in [-0.25, -0.2) is 0 Å². The number of carbonyl (C=O) groups is 1. The quantitative estimate of drug-likeness (QED) is 0.302. The van der Waals surface area contributed by atoms with E-state index in [9.17, 15) is 4.79 Å². The normalized spacial score (nSPS) is 11.4. The van der Waals surface area contributed by atoms with Crippen molar-refractivity contribution in [1.29, 1.82) is 0 Å². The average molecular weight is 392 g/mol. The summed E-state index contributed by atoms with van der Waals surface area (Å²) in [5, 5.41) is 15.9. The number of rotatable bonds is 10. The molecule has 0 atom stereocenters. The van der Waals surface area contributed by atoms with Crippen molar-refractivity contribution in [2.45, 2.75) is 26.5 Å². The molecule has 0 amide bonds. The molecule has 0 saturated heterocycles. The zero-order valence-corrected chi connectivity index (χ0v) is 16.3. The number of carboxylic acids is 1. The molecule has 6 nitrogen and oxygen atoms in total. The smallest absolute Gasteiger partial charge is 0.304 e. The van der Waals surface area contributed by atoms with Gasteiger partial charge in [-0.15, -0.1) is 0 Å². The molecule has 0 aliphatic carbocycles. The summed E-state index contributed by atoms with van der Waals surface area (Å²) in [6, 6.07) is 18.0. The van der Waals surface area contributed by atoms with E-state index in [1.165, 1.54) is 0 Å². The first-order valence-electron chi connectivity index (χ1n) is 9.42. The highest BCUT2D eigenvalue weighted by molar-refractivity contribution is 5.98. The van der Waals surface area contributed by atoms with Crippen LogP contribution < -0.4 is 5.32 Å². The Morgan fingerprint density at radius 1 is 1.03 bits per heavy atom. The number of aliphatic carboxylic acids is 1. The Bertz CT molecular complexity index is 930. The third-order valence-electron chi connectivity index (χ3n) is 4.46. The molecule has 0 bridgehead atoms. The fraction of sp³-hybridized carbons (Fsp3) is 0.217. The minimum atomic E-state index is -0.798. The van der Waals surface area contributed by atoms with Crippen LogP contribution in [-0.2, 0) is 22.8 Å². The van der Waals surface area contributed by atoms with Gasteiger partial charge in [-0.3, -0.25) is 4.79 Å². The predicted molar refractivity (Wildman–Crippen MR) is 112 cm³/mol. The standard InChI is InChI=1S/C23H24N2O4/c1-17(20-6-2-18(3-7-20)14-24-12-10-23(26)27)25-29-15-19-4-8-21(9-5-19)22-11-13-28-16-22/h2-9,11,13,16,24H,10,12,14-15H2,1H3,(H,26,27)/b25-17+. The zero-order chi connectivity index (χ0) is 20.5. The van der Waals surface area contributed by atoms with Gasteiger partial charge in [0.15, 0.2) is 0 Å². The first-order valence-corrected chi connectivity index (χ1v) is 9.42. The summed E-state index contributed by atoms with van der Waals surface area (Å²) in [7, 11) is 0. The van der Waals surface area contributed by atoms with E-state index < -0.39 is 5.97 Å². The maximum atomic E-state index is 10.5. The number of furan rings is 1. The lowest BCUT2D eigenvalue weighted by Gasteiger charge is -2.06. The number of nitrogens with zero attached hydrogens (tertiary/aromatic N) is 1. The molecular formula is C23H24N2O4. The van der Waals surface area contributed by atoms with Gasteiger partial charge in [-0.2, -0.15) is 0 Å². The van der Waals surface area contributed by atoms with E-state index in [0.717, 1.165) is 33.5 Å². The van der Waals surface area contributed by atoms with E-state index in [0.29, 0.717) is 19.7 Å². The van der Waals surface area contributed by atoms with Crippen LogP contribution in [0, 0.1) is 0 Å². The number of nitrogens with one attached hydrogen (secondary N) is 1. The fourth-order valence-corrected chi connectivity index (χ4v) is 2.77. The fourth-order valence-electron chi connectivity index (χ4n) is 2.77. The summed E-state index contributed by atoms with van der Waals surface area (Å²) in [5.74, 6) is -0.798. The number of oxime groups is 1. The molecule has 3 rings (SSSR count). The van der Waals surface area contributed by atoms with Gasteiger partial charge >= 0.3 is 5.97 Å². The van der Waals surface area contributed by atoms with Crippen molar-refractivity contribution < 1.29 is 19.2 Å². The van der Waals surface area contributed by atoms with E-state index in [4.69, 9.17) is 14.4 Å². The van der Waals surface area contributed by atoms with Crippen LogP contribution in [0.2, 0.25) is 0 Å². The Kier molecular flexibility index (Phi) is 7.19. The van der Waals surface area contributed by atoms with Crippen LogP contribution in [0.25, 0.3) is 11.1 Å². The van der Waals surface area contributed by atoms with E-state index in [-0.39, 0.29) is 6.42 Å². The second-order valence-corrected chi connectivity index (χ2v) is 6.68. The van der Waals surface area contributed by atoms with Gasteiger partial charge in [0.2, 0.25) is 0 Å². The van der Waals surface area contributed by atoms with Gasteiger partial charge < -0.3 is 19.7 Å².